The molecule has 0 saturated carbocycles. The summed E-state index contributed by atoms with van der Waals surface area (Å²) in [4.78, 5) is 14.8. The number of methoxy groups -OCH3 is 1. The lowest BCUT2D eigenvalue weighted by atomic mass is 9.91. The number of nitrogens with zero attached hydrogens (tertiary/aromatic N) is 1. The molecule has 1 aliphatic heterocycles. The van der Waals surface area contributed by atoms with Gasteiger partial charge >= 0.3 is 0 Å². The molecule has 1 aliphatic rings. The number of nitrogens with one attached hydrogen (secondary N) is 1. The molecule has 5 heteroatoms. The fourth-order valence-corrected chi connectivity index (χ4v) is 3.51. The second-order valence-corrected chi connectivity index (χ2v) is 6.72. The molecule has 0 unspecified atom stereocenters. The van der Waals surface area contributed by atoms with Crippen molar-refractivity contribution in [2.45, 2.75) is 19.0 Å². The smallest absolute Gasteiger partial charge is 0.251 e. The molecule has 0 radical (unpaired) electrons. The molecule has 3 rings (SSSR count). The van der Waals surface area contributed by atoms with Gasteiger partial charge in [-0.05, 0) is 31.2 Å². The van der Waals surface area contributed by atoms with E-state index in [0.717, 1.165) is 30.8 Å². The zero-order valence-corrected chi connectivity index (χ0v) is 15.1. The number of carbonyl (C=O) groups excluding carboxylic acids is 1. The van der Waals surface area contributed by atoms with E-state index in [1.54, 1.807) is 19.2 Å². The van der Waals surface area contributed by atoms with Crippen LogP contribution < -0.4 is 10.1 Å². The Labute approximate surface area is 154 Å². The van der Waals surface area contributed by atoms with Crippen LogP contribution >= 0.6 is 0 Å². The first-order valence-electron chi connectivity index (χ1n) is 9.02. The van der Waals surface area contributed by atoms with Gasteiger partial charge in [0.15, 0.2) is 0 Å². The molecule has 26 heavy (non-hydrogen) atoms. The van der Waals surface area contributed by atoms with Crippen molar-refractivity contribution in [1.82, 2.24) is 10.2 Å². The van der Waals surface area contributed by atoms with Crippen molar-refractivity contribution in [3.63, 3.8) is 0 Å². The number of benzene rings is 2. The Balaban J connectivity index is 1.67. The van der Waals surface area contributed by atoms with Crippen LogP contribution in [0.5, 0.6) is 5.75 Å². The second kappa shape index (κ2) is 8.83. The number of hydrogen-bond acceptors (Lipinski definition) is 4. The summed E-state index contributed by atoms with van der Waals surface area (Å²) in [5.41, 5.74) is 1.77. The van der Waals surface area contributed by atoms with Crippen LogP contribution in [0.4, 0.5) is 0 Å². The minimum atomic E-state index is -0.0896. The van der Waals surface area contributed by atoms with Crippen LogP contribution in [-0.2, 0) is 6.54 Å². The van der Waals surface area contributed by atoms with Gasteiger partial charge in [0.1, 0.15) is 5.75 Å². The number of likely N-dealkylation sites (tertiary alicyclic amines) is 1. The summed E-state index contributed by atoms with van der Waals surface area (Å²) in [7, 11) is 1.68. The summed E-state index contributed by atoms with van der Waals surface area (Å²) in [6.07, 6.45) is 0.853. The number of ether oxygens (including phenoxy) is 1. The number of rotatable bonds is 6. The third kappa shape index (κ3) is 4.42. The molecule has 2 atom stereocenters. The average molecular weight is 354 g/mol. The number of aliphatic hydroxyl groups excluding tert-OH is 1. The highest BCUT2D eigenvalue weighted by atomic mass is 16.5. The molecule has 5 nitrogen and oxygen atoms in total. The molecule has 1 saturated heterocycles. The molecule has 1 heterocycles. The van der Waals surface area contributed by atoms with E-state index in [2.05, 4.69) is 16.3 Å². The Bertz CT molecular complexity index is 720. The highest BCUT2D eigenvalue weighted by Gasteiger charge is 2.30. The van der Waals surface area contributed by atoms with Crippen molar-refractivity contribution in [3.8, 4) is 5.75 Å². The highest BCUT2D eigenvalue weighted by molar-refractivity contribution is 5.94. The van der Waals surface area contributed by atoms with Crippen molar-refractivity contribution < 1.29 is 14.6 Å². The molecule has 2 N–H and O–H groups in total. The van der Waals surface area contributed by atoms with Gasteiger partial charge in [-0.1, -0.05) is 36.4 Å². The lowest BCUT2D eigenvalue weighted by molar-refractivity contribution is 0.0728. The van der Waals surface area contributed by atoms with Gasteiger partial charge < -0.3 is 15.2 Å². The van der Waals surface area contributed by atoms with E-state index in [1.165, 1.54) is 0 Å². The molecule has 138 valence electrons. The van der Waals surface area contributed by atoms with E-state index in [-0.39, 0.29) is 24.5 Å². The van der Waals surface area contributed by atoms with E-state index in [9.17, 15) is 9.90 Å². The minimum absolute atomic E-state index is 0.0730. The number of aliphatic hydroxyl groups is 1. The summed E-state index contributed by atoms with van der Waals surface area (Å²) < 4.78 is 5.44. The summed E-state index contributed by atoms with van der Waals surface area (Å²) in [5, 5.41) is 12.8. The molecule has 1 amide bonds. The van der Waals surface area contributed by atoms with Gasteiger partial charge in [0.05, 0.1) is 7.11 Å². The number of piperidine rings is 1. The summed E-state index contributed by atoms with van der Waals surface area (Å²) in [6.45, 7) is 2.45. The van der Waals surface area contributed by atoms with Crippen LogP contribution in [0.15, 0.2) is 54.6 Å². The zero-order valence-electron chi connectivity index (χ0n) is 15.1. The predicted octanol–water partition coefficient (Wildman–Crippen LogP) is 2.31. The van der Waals surface area contributed by atoms with Gasteiger partial charge in [0.2, 0.25) is 0 Å². The highest BCUT2D eigenvalue weighted by Crippen LogP contribution is 2.24. The Hall–Kier alpha value is -2.37. The SMILES string of the molecule is COc1ccccc1CN1CC[C@H](CO)[C@H](NC(=O)c2ccccc2)C1. The first-order valence-corrected chi connectivity index (χ1v) is 9.02. The van der Waals surface area contributed by atoms with E-state index < -0.39 is 0 Å². The fourth-order valence-electron chi connectivity index (χ4n) is 3.51. The summed E-state index contributed by atoms with van der Waals surface area (Å²) in [6, 6.07) is 17.1. The van der Waals surface area contributed by atoms with Gasteiger partial charge in [-0.3, -0.25) is 9.69 Å². The quantitative estimate of drug-likeness (QED) is 0.836. The third-order valence-corrected chi connectivity index (χ3v) is 5.01. The van der Waals surface area contributed by atoms with Gasteiger partial charge in [0.25, 0.3) is 5.91 Å². The number of hydrogen-bond donors (Lipinski definition) is 2. The fraction of sp³-hybridized carbons (Fsp3) is 0.381. The number of carbonyl (C=O) groups is 1. The minimum Gasteiger partial charge on any atom is -0.496 e. The van der Waals surface area contributed by atoms with Crippen LogP contribution in [0.2, 0.25) is 0 Å². The monoisotopic (exact) mass is 354 g/mol. The predicted molar refractivity (Wildman–Crippen MR) is 101 cm³/mol. The Kier molecular flexibility index (Phi) is 6.26. The third-order valence-electron chi connectivity index (χ3n) is 5.01. The Morgan fingerprint density at radius 1 is 1.19 bits per heavy atom. The molecule has 0 aliphatic carbocycles. The van der Waals surface area contributed by atoms with Crippen molar-refractivity contribution in [2.75, 3.05) is 26.8 Å². The lowest BCUT2D eigenvalue weighted by Gasteiger charge is -2.38. The van der Waals surface area contributed by atoms with Crippen LogP contribution in [0.1, 0.15) is 22.3 Å². The normalized spacial score (nSPS) is 20.5. The van der Waals surface area contributed by atoms with Crippen molar-refractivity contribution in [1.29, 1.82) is 0 Å². The summed E-state index contributed by atoms with van der Waals surface area (Å²) in [5.74, 6) is 0.867. The van der Waals surface area contributed by atoms with Crippen LogP contribution in [0, 0.1) is 5.92 Å². The maximum atomic E-state index is 12.5. The maximum absolute atomic E-state index is 12.5. The largest absolute Gasteiger partial charge is 0.496 e. The summed E-state index contributed by atoms with van der Waals surface area (Å²) >= 11 is 0. The standard InChI is InChI=1S/C21H26N2O3/c1-26-20-10-6-5-9-17(20)13-23-12-11-18(15-24)19(14-23)22-21(25)16-7-3-2-4-8-16/h2-10,18-19,24H,11-15H2,1H3,(H,22,25)/t18-,19-/m1/s1. The van der Waals surface area contributed by atoms with Crippen LogP contribution in [0.3, 0.4) is 0 Å². The lowest BCUT2D eigenvalue weighted by Crippen LogP contribution is -2.53. The van der Waals surface area contributed by atoms with Crippen molar-refractivity contribution >= 4 is 5.91 Å². The molecule has 1 fully saturated rings. The molecule has 0 spiro atoms. The van der Waals surface area contributed by atoms with Crippen LogP contribution in [-0.4, -0.2) is 48.8 Å². The van der Waals surface area contributed by atoms with Crippen molar-refractivity contribution in [3.05, 3.63) is 65.7 Å². The Morgan fingerprint density at radius 3 is 2.65 bits per heavy atom. The van der Waals surface area contributed by atoms with Gasteiger partial charge in [-0.15, -0.1) is 0 Å². The van der Waals surface area contributed by atoms with E-state index in [4.69, 9.17) is 4.74 Å². The zero-order chi connectivity index (χ0) is 18.4. The number of amides is 1. The average Bonchev–Trinajstić information content (AvgIpc) is 2.69. The second-order valence-electron chi connectivity index (χ2n) is 6.72. The molecular formula is C21H26N2O3. The van der Waals surface area contributed by atoms with E-state index in [1.807, 2.05) is 36.4 Å². The number of para-hydroxylation sites is 1. The molecular weight excluding hydrogens is 328 g/mol. The van der Waals surface area contributed by atoms with Gasteiger partial charge in [-0.2, -0.15) is 0 Å². The molecule has 0 aromatic heterocycles. The first-order chi connectivity index (χ1) is 12.7. The van der Waals surface area contributed by atoms with Crippen LogP contribution in [0.25, 0.3) is 0 Å². The topological polar surface area (TPSA) is 61.8 Å². The van der Waals surface area contributed by atoms with Gasteiger partial charge in [-0.25, -0.2) is 0 Å². The van der Waals surface area contributed by atoms with Gasteiger partial charge in [0, 0.05) is 42.8 Å². The Morgan fingerprint density at radius 2 is 1.92 bits per heavy atom. The molecule has 2 aromatic carbocycles. The maximum Gasteiger partial charge on any atom is 0.251 e. The molecule has 2 aromatic rings. The van der Waals surface area contributed by atoms with E-state index in [0.29, 0.717) is 12.1 Å². The van der Waals surface area contributed by atoms with Crippen molar-refractivity contribution in [2.24, 2.45) is 5.92 Å². The molecule has 0 bridgehead atoms. The first kappa shape index (κ1) is 18.4. The van der Waals surface area contributed by atoms with E-state index >= 15 is 0 Å².